The lowest BCUT2D eigenvalue weighted by Crippen LogP contribution is -2.37. The summed E-state index contributed by atoms with van der Waals surface area (Å²) in [7, 11) is -3.29. The first-order valence-corrected chi connectivity index (χ1v) is 14.4. The van der Waals surface area contributed by atoms with E-state index in [2.05, 4.69) is 54.1 Å². The number of aromatic amines is 1. The van der Waals surface area contributed by atoms with Crippen LogP contribution in [0.25, 0.3) is 33.2 Å². The Morgan fingerprint density at radius 3 is 2.06 bits per heavy atom. The van der Waals surface area contributed by atoms with Gasteiger partial charge in [0.1, 0.15) is 0 Å². The molecule has 1 fully saturated rings. The number of hydrogen-bond donors (Lipinski definition) is 1. The van der Waals surface area contributed by atoms with Crippen molar-refractivity contribution >= 4 is 20.7 Å². The second kappa shape index (κ2) is 9.68. The van der Waals surface area contributed by atoms with Crippen LogP contribution in [-0.4, -0.2) is 43.7 Å². The van der Waals surface area contributed by atoms with Crippen molar-refractivity contribution in [1.82, 2.24) is 9.88 Å². The summed E-state index contributed by atoms with van der Waals surface area (Å²) in [6.45, 7) is 6.86. The molecule has 0 amide bonds. The zero-order chi connectivity index (χ0) is 25.4. The van der Waals surface area contributed by atoms with Crippen LogP contribution in [0.1, 0.15) is 38.2 Å². The van der Waals surface area contributed by atoms with E-state index in [0.29, 0.717) is 23.1 Å². The van der Waals surface area contributed by atoms with Gasteiger partial charge in [-0.1, -0.05) is 42.5 Å². The van der Waals surface area contributed by atoms with Crippen LogP contribution in [0.3, 0.4) is 0 Å². The minimum atomic E-state index is -3.29. The molecule has 5 rings (SSSR count). The smallest absolute Gasteiger partial charge is 0.256 e. The molecule has 36 heavy (non-hydrogen) atoms. The van der Waals surface area contributed by atoms with Gasteiger partial charge in [-0.25, -0.2) is 8.42 Å². The van der Waals surface area contributed by atoms with Crippen LogP contribution in [0.4, 0.5) is 0 Å². The van der Waals surface area contributed by atoms with Crippen LogP contribution in [0.5, 0.6) is 0 Å². The Bertz CT molecular complexity index is 1550. The van der Waals surface area contributed by atoms with E-state index in [-0.39, 0.29) is 10.5 Å². The highest BCUT2D eigenvalue weighted by atomic mass is 32.2. The van der Waals surface area contributed by atoms with E-state index in [1.54, 1.807) is 24.3 Å². The summed E-state index contributed by atoms with van der Waals surface area (Å²) in [5.41, 5.74) is 5.42. The van der Waals surface area contributed by atoms with Gasteiger partial charge in [-0.3, -0.25) is 4.79 Å². The van der Waals surface area contributed by atoms with E-state index in [1.807, 2.05) is 18.2 Å². The van der Waals surface area contributed by atoms with Crippen LogP contribution in [-0.2, 0) is 9.84 Å². The summed E-state index contributed by atoms with van der Waals surface area (Å²) < 4.78 is 23.5. The van der Waals surface area contributed by atoms with Gasteiger partial charge in [-0.2, -0.15) is 0 Å². The SMILES string of the molecule is CC(C)N1CCC(c2ccc(-c3ccc4[nH]c(=O)c(-c5ccc(S(C)(=O)=O)cc5)cc4c3)cc2)CC1. The van der Waals surface area contributed by atoms with Crippen LogP contribution in [0.2, 0.25) is 0 Å². The minimum absolute atomic E-state index is 0.199. The molecule has 1 aliphatic rings. The fraction of sp³-hybridized carbons (Fsp3) is 0.300. The Morgan fingerprint density at radius 2 is 1.44 bits per heavy atom. The summed E-state index contributed by atoms with van der Waals surface area (Å²) >= 11 is 0. The van der Waals surface area contributed by atoms with Gasteiger partial charge in [0.2, 0.25) is 0 Å². The average Bonchev–Trinajstić information content (AvgIpc) is 2.88. The van der Waals surface area contributed by atoms with Gasteiger partial charge < -0.3 is 9.88 Å². The molecule has 0 unspecified atom stereocenters. The third-order valence-corrected chi connectivity index (χ3v) is 8.54. The number of likely N-dealkylation sites (tertiary alicyclic amines) is 1. The first-order valence-electron chi connectivity index (χ1n) is 12.5. The number of rotatable bonds is 5. The predicted molar refractivity (Wildman–Crippen MR) is 147 cm³/mol. The monoisotopic (exact) mass is 500 g/mol. The van der Waals surface area contributed by atoms with E-state index in [4.69, 9.17) is 0 Å². The Kier molecular flexibility index (Phi) is 6.58. The molecule has 4 aromatic rings. The summed E-state index contributed by atoms with van der Waals surface area (Å²) in [5, 5.41) is 0.930. The molecule has 0 atom stereocenters. The van der Waals surface area contributed by atoms with Gasteiger partial charge in [0.05, 0.1) is 4.90 Å². The quantitative estimate of drug-likeness (QED) is 0.373. The predicted octanol–water partition coefficient (Wildman–Crippen LogP) is 5.85. The molecule has 1 aromatic heterocycles. The molecule has 186 valence electrons. The number of nitrogens with zero attached hydrogens (tertiary/aromatic N) is 1. The van der Waals surface area contributed by atoms with Crippen LogP contribution >= 0.6 is 0 Å². The van der Waals surface area contributed by atoms with Gasteiger partial charge in [0, 0.05) is 23.4 Å². The largest absolute Gasteiger partial charge is 0.321 e. The third kappa shape index (κ3) is 5.01. The van der Waals surface area contributed by atoms with Gasteiger partial charge >= 0.3 is 0 Å². The molecular weight excluding hydrogens is 468 g/mol. The Balaban J connectivity index is 1.41. The maximum Gasteiger partial charge on any atom is 0.256 e. The van der Waals surface area contributed by atoms with Crippen molar-refractivity contribution in [3.8, 4) is 22.3 Å². The highest BCUT2D eigenvalue weighted by molar-refractivity contribution is 7.90. The van der Waals surface area contributed by atoms with Gasteiger partial charge in [-0.05, 0) is 104 Å². The summed E-state index contributed by atoms with van der Waals surface area (Å²) in [5.74, 6) is 0.618. The molecule has 2 heterocycles. The molecule has 0 spiro atoms. The fourth-order valence-corrected chi connectivity index (χ4v) is 5.81. The Labute approximate surface area is 212 Å². The minimum Gasteiger partial charge on any atom is -0.321 e. The number of aromatic nitrogens is 1. The van der Waals surface area contributed by atoms with E-state index < -0.39 is 9.84 Å². The lowest BCUT2D eigenvalue weighted by molar-refractivity contribution is 0.172. The van der Waals surface area contributed by atoms with Crippen molar-refractivity contribution < 1.29 is 8.42 Å². The van der Waals surface area contributed by atoms with Crippen molar-refractivity contribution in [2.75, 3.05) is 19.3 Å². The second-order valence-electron chi connectivity index (χ2n) is 10.1. The van der Waals surface area contributed by atoms with Gasteiger partial charge in [0.25, 0.3) is 5.56 Å². The molecule has 1 saturated heterocycles. The van der Waals surface area contributed by atoms with Gasteiger partial charge in [-0.15, -0.1) is 0 Å². The number of H-pyrrole nitrogens is 1. The highest BCUT2D eigenvalue weighted by Gasteiger charge is 2.22. The number of hydrogen-bond acceptors (Lipinski definition) is 4. The van der Waals surface area contributed by atoms with Crippen molar-refractivity contribution in [3.63, 3.8) is 0 Å². The lowest BCUT2D eigenvalue weighted by atomic mass is 9.88. The molecule has 1 N–H and O–H groups in total. The molecule has 0 radical (unpaired) electrons. The van der Waals surface area contributed by atoms with Crippen molar-refractivity contribution in [3.05, 3.63) is 88.7 Å². The zero-order valence-electron chi connectivity index (χ0n) is 21.0. The number of fused-ring (bicyclic) bond motifs is 1. The van der Waals surface area contributed by atoms with E-state index in [0.717, 1.165) is 35.1 Å². The highest BCUT2D eigenvalue weighted by Crippen LogP contribution is 2.31. The summed E-state index contributed by atoms with van der Waals surface area (Å²) in [6, 6.07) is 23.9. The number of piperidine rings is 1. The maximum absolute atomic E-state index is 12.7. The number of nitrogens with one attached hydrogen (secondary N) is 1. The zero-order valence-corrected chi connectivity index (χ0v) is 21.8. The standard InChI is InChI=1S/C30H32N2O3S/c1-20(2)32-16-14-23(15-17-32)21-4-6-22(7-5-21)25-10-13-29-26(18-25)19-28(30(33)31-29)24-8-11-27(12-9-24)36(3,34)35/h4-13,18-20,23H,14-17H2,1-3H3,(H,31,33). The van der Waals surface area contributed by atoms with Crippen LogP contribution in [0.15, 0.2) is 82.5 Å². The normalized spacial score (nSPS) is 15.6. The number of pyridine rings is 1. The van der Waals surface area contributed by atoms with Gasteiger partial charge in [0.15, 0.2) is 9.84 Å². The average molecular weight is 501 g/mol. The molecule has 0 aliphatic carbocycles. The van der Waals surface area contributed by atoms with E-state index in [1.165, 1.54) is 24.7 Å². The fourth-order valence-electron chi connectivity index (χ4n) is 5.18. The molecule has 0 saturated carbocycles. The summed E-state index contributed by atoms with van der Waals surface area (Å²) in [6.07, 6.45) is 3.58. The Hall–Kier alpha value is -3.22. The second-order valence-corrected chi connectivity index (χ2v) is 12.2. The van der Waals surface area contributed by atoms with Crippen molar-refractivity contribution in [1.29, 1.82) is 0 Å². The molecule has 1 aliphatic heterocycles. The third-order valence-electron chi connectivity index (χ3n) is 7.41. The van der Waals surface area contributed by atoms with E-state index in [9.17, 15) is 13.2 Å². The first-order chi connectivity index (χ1) is 17.2. The molecule has 0 bridgehead atoms. The first kappa shape index (κ1) is 24.5. The topological polar surface area (TPSA) is 70.2 Å². The lowest BCUT2D eigenvalue weighted by Gasteiger charge is -2.34. The van der Waals surface area contributed by atoms with Crippen LogP contribution in [0, 0.1) is 0 Å². The molecule has 6 heteroatoms. The number of benzene rings is 3. The van der Waals surface area contributed by atoms with E-state index >= 15 is 0 Å². The Morgan fingerprint density at radius 1 is 0.833 bits per heavy atom. The van der Waals surface area contributed by atoms with Crippen LogP contribution < -0.4 is 5.56 Å². The summed E-state index contributed by atoms with van der Waals surface area (Å²) in [4.78, 5) is 18.5. The molecule has 5 nitrogen and oxygen atoms in total. The van der Waals surface area contributed by atoms with Crippen molar-refractivity contribution in [2.24, 2.45) is 0 Å². The maximum atomic E-state index is 12.7. The molecule has 3 aromatic carbocycles. The number of sulfone groups is 1. The van der Waals surface area contributed by atoms with Crippen molar-refractivity contribution in [2.45, 2.75) is 43.5 Å². The molecular formula is C30H32N2O3S.